The van der Waals surface area contributed by atoms with Gasteiger partial charge in [-0.05, 0) is 42.3 Å². The molecule has 1 aliphatic heterocycles. The topological polar surface area (TPSA) is 67.1 Å². The summed E-state index contributed by atoms with van der Waals surface area (Å²) in [5.41, 5.74) is 9.88. The molecule has 5 nitrogen and oxygen atoms in total. The van der Waals surface area contributed by atoms with Crippen molar-refractivity contribution in [2.45, 2.75) is 6.42 Å². The highest BCUT2D eigenvalue weighted by molar-refractivity contribution is 5.83. The third kappa shape index (κ3) is 2.52. The minimum atomic E-state index is -0.287. The van der Waals surface area contributed by atoms with Gasteiger partial charge in [0.15, 0.2) is 11.6 Å². The summed E-state index contributed by atoms with van der Waals surface area (Å²) < 4.78 is 13.0. The second-order valence-corrected chi connectivity index (χ2v) is 5.62. The summed E-state index contributed by atoms with van der Waals surface area (Å²) in [4.78, 5) is 10.7. The Labute approximate surface area is 139 Å². The average Bonchev–Trinajstić information content (AvgIpc) is 3.03. The molecule has 3 aromatic rings. The minimum absolute atomic E-state index is 0.287. The fraction of sp³-hybridized carbons (Fsp3) is 0.111. The molecule has 3 N–H and O–H groups in total. The van der Waals surface area contributed by atoms with Gasteiger partial charge in [0, 0.05) is 17.9 Å². The van der Waals surface area contributed by atoms with Crippen molar-refractivity contribution in [3.05, 3.63) is 66.2 Å². The minimum Gasteiger partial charge on any atom is -0.393 e. The monoisotopic (exact) mass is 321 g/mol. The Bertz CT molecular complexity index is 879. The van der Waals surface area contributed by atoms with E-state index >= 15 is 0 Å². The number of benzene rings is 2. The molecule has 4 rings (SSSR count). The number of aromatic nitrogens is 2. The molecule has 2 heterocycles. The van der Waals surface area contributed by atoms with Crippen LogP contribution >= 0.6 is 0 Å². The summed E-state index contributed by atoms with van der Waals surface area (Å²) in [6.07, 6.45) is 2.44. The quantitative estimate of drug-likeness (QED) is 0.771. The van der Waals surface area contributed by atoms with E-state index < -0.39 is 0 Å². The first-order valence-electron chi connectivity index (χ1n) is 7.71. The van der Waals surface area contributed by atoms with Crippen molar-refractivity contribution in [2.24, 2.45) is 0 Å². The standard InChI is InChI=1S/C18H16FN5/c19-13-5-7-14(8-6-13)23-17-16(20)18(22-11-21-17)24-10-9-12-3-1-2-4-15(12)24/h1-8,11H,9-10,20H2,(H,21,22,23). The van der Waals surface area contributed by atoms with E-state index in [-0.39, 0.29) is 5.82 Å². The normalized spacial score (nSPS) is 13.0. The van der Waals surface area contributed by atoms with Gasteiger partial charge >= 0.3 is 0 Å². The van der Waals surface area contributed by atoms with Gasteiger partial charge in [-0.15, -0.1) is 0 Å². The van der Waals surface area contributed by atoms with Gasteiger partial charge in [-0.3, -0.25) is 0 Å². The molecule has 0 saturated carbocycles. The number of halogens is 1. The molecule has 1 aromatic heterocycles. The van der Waals surface area contributed by atoms with Gasteiger partial charge in [-0.1, -0.05) is 18.2 Å². The largest absolute Gasteiger partial charge is 0.393 e. The first-order chi connectivity index (χ1) is 11.7. The summed E-state index contributed by atoms with van der Waals surface area (Å²) in [5, 5.41) is 3.12. The summed E-state index contributed by atoms with van der Waals surface area (Å²) in [5.74, 6) is 0.904. The van der Waals surface area contributed by atoms with Crippen molar-refractivity contribution in [3.8, 4) is 0 Å². The van der Waals surface area contributed by atoms with Crippen LogP contribution in [0.25, 0.3) is 0 Å². The zero-order chi connectivity index (χ0) is 16.5. The first-order valence-corrected chi connectivity index (χ1v) is 7.71. The molecule has 1 aliphatic rings. The van der Waals surface area contributed by atoms with Crippen LogP contribution in [0.15, 0.2) is 54.9 Å². The molecule has 0 atom stereocenters. The van der Waals surface area contributed by atoms with Crippen LogP contribution in [0.1, 0.15) is 5.56 Å². The average molecular weight is 321 g/mol. The van der Waals surface area contributed by atoms with E-state index in [1.54, 1.807) is 12.1 Å². The molecule has 24 heavy (non-hydrogen) atoms. The lowest BCUT2D eigenvalue weighted by molar-refractivity contribution is 0.628. The van der Waals surface area contributed by atoms with E-state index in [4.69, 9.17) is 5.73 Å². The molecule has 0 spiro atoms. The molecule has 0 bridgehead atoms. The fourth-order valence-electron chi connectivity index (χ4n) is 2.93. The van der Waals surface area contributed by atoms with Gasteiger partial charge in [0.1, 0.15) is 17.8 Å². The number of fused-ring (bicyclic) bond motifs is 1. The Morgan fingerprint density at radius 3 is 2.67 bits per heavy atom. The molecule has 0 fully saturated rings. The molecule has 0 amide bonds. The summed E-state index contributed by atoms with van der Waals surface area (Å²) in [7, 11) is 0. The first kappa shape index (κ1) is 14.4. The maximum absolute atomic E-state index is 13.0. The third-order valence-electron chi connectivity index (χ3n) is 4.11. The number of anilines is 5. The van der Waals surface area contributed by atoms with Gasteiger partial charge in [0.25, 0.3) is 0 Å². The van der Waals surface area contributed by atoms with Crippen LogP contribution in [0.3, 0.4) is 0 Å². The number of rotatable bonds is 3. The SMILES string of the molecule is Nc1c(Nc2ccc(F)cc2)ncnc1N1CCc2ccccc21. The van der Waals surface area contributed by atoms with Gasteiger partial charge in [0.05, 0.1) is 0 Å². The molecular formula is C18H16FN5. The van der Waals surface area contributed by atoms with Crippen molar-refractivity contribution in [2.75, 3.05) is 22.5 Å². The predicted octanol–water partition coefficient (Wildman–Crippen LogP) is 3.64. The molecule has 2 aromatic carbocycles. The second-order valence-electron chi connectivity index (χ2n) is 5.62. The van der Waals surface area contributed by atoms with E-state index in [1.807, 2.05) is 12.1 Å². The van der Waals surface area contributed by atoms with Crippen LogP contribution in [0.5, 0.6) is 0 Å². The lowest BCUT2D eigenvalue weighted by Crippen LogP contribution is -2.17. The van der Waals surface area contributed by atoms with Crippen molar-refractivity contribution in [3.63, 3.8) is 0 Å². The molecule has 0 aliphatic carbocycles. The van der Waals surface area contributed by atoms with Crippen molar-refractivity contribution < 1.29 is 4.39 Å². The molecule has 0 saturated heterocycles. The van der Waals surface area contributed by atoms with E-state index in [9.17, 15) is 4.39 Å². The second kappa shape index (κ2) is 5.81. The highest BCUT2D eigenvalue weighted by Gasteiger charge is 2.23. The number of hydrogen-bond donors (Lipinski definition) is 2. The molecule has 0 unspecified atom stereocenters. The number of para-hydroxylation sites is 1. The zero-order valence-corrected chi connectivity index (χ0v) is 12.9. The van der Waals surface area contributed by atoms with Crippen LogP contribution in [0.2, 0.25) is 0 Å². The highest BCUT2D eigenvalue weighted by Crippen LogP contribution is 2.38. The van der Waals surface area contributed by atoms with E-state index in [2.05, 4.69) is 32.3 Å². The fourth-order valence-corrected chi connectivity index (χ4v) is 2.93. The van der Waals surface area contributed by atoms with Crippen LogP contribution < -0.4 is 16.0 Å². The van der Waals surface area contributed by atoms with Gasteiger partial charge in [-0.25, -0.2) is 14.4 Å². The van der Waals surface area contributed by atoms with Crippen molar-refractivity contribution in [1.29, 1.82) is 0 Å². The van der Waals surface area contributed by atoms with Crippen molar-refractivity contribution >= 4 is 28.7 Å². The molecular weight excluding hydrogens is 305 g/mol. The Hall–Kier alpha value is -3.15. The lowest BCUT2D eigenvalue weighted by Gasteiger charge is -2.21. The summed E-state index contributed by atoms with van der Waals surface area (Å²) in [6.45, 7) is 0.830. The maximum atomic E-state index is 13.0. The van der Waals surface area contributed by atoms with Crippen LogP contribution in [0, 0.1) is 5.82 Å². The lowest BCUT2D eigenvalue weighted by atomic mass is 10.2. The molecule has 6 heteroatoms. The smallest absolute Gasteiger partial charge is 0.161 e. The molecule has 120 valence electrons. The maximum Gasteiger partial charge on any atom is 0.161 e. The Morgan fingerprint density at radius 1 is 1.04 bits per heavy atom. The number of nitrogens with one attached hydrogen (secondary N) is 1. The summed E-state index contributed by atoms with van der Waals surface area (Å²) in [6, 6.07) is 14.3. The van der Waals surface area contributed by atoms with Crippen LogP contribution in [-0.4, -0.2) is 16.5 Å². The number of nitrogens with two attached hydrogens (primary N) is 1. The van der Waals surface area contributed by atoms with Crippen LogP contribution in [0.4, 0.5) is 33.1 Å². The third-order valence-corrected chi connectivity index (χ3v) is 4.11. The highest BCUT2D eigenvalue weighted by atomic mass is 19.1. The van der Waals surface area contributed by atoms with E-state index in [0.717, 1.165) is 24.3 Å². The number of nitrogens with zero attached hydrogens (tertiary/aromatic N) is 3. The number of nitrogen functional groups attached to an aromatic ring is 1. The predicted molar refractivity (Wildman–Crippen MR) is 93.3 cm³/mol. The van der Waals surface area contributed by atoms with Crippen molar-refractivity contribution in [1.82, 2.24) is 9.97 Å². The zero-order valence-electron chi connectivity index (χ0n) is 12.9. The molecule has 0 radical (unpaired) electrons. The summed E-state index contributed by atoms with van der Waals surface area (Å²) >= 11 is 0. The van der Waals surface area contributed by atoms with E-state index in [1.165, 1.54) is 24.0 Å². The van der Waals surface area contributed by atoms with Gasteiger partial charge in [-0.2, -0.15) is 0 Å². The number of hydrogen-bond acceptors (Lipinski definition) is 5. The van der Waals surface area contributed by atoms with Crippen LogP contribution in [-0.2, 0) is 6.42 Å². The Morgan fingerprint density at radius 2 is 1.83 bits per heavy atom. The van der Waals surface area contributed by atoms with E-state index in [0.29, 0.717) is 17.3 Å². The Kier molecular flexibility index (Phi) is 3.49. The van der Waals surface area contributed by atoms with Gasteiger partial charge in [0.2, 0.25) is 0 Å². The Balaban J connectivity index is 1.68. The van der Waals surface area contributed by atoms with Gasteiger partial charge < -0.3 is 16.0 Å².